The SMILES string of the molecule is CC(=O)c1ccc2c(c1)CCN2C(=O)c1ccc2nc3ccccc3nc2c1. The minimum Gasteiger partial charge on any atom is -0.308 e. The Morgan fingerprint density at radius 1 is 0.821 bits per heavy atom. The molecular formula is C23H17N3O2. The van der Waals surface area contributed by atoms with Gasteiger partial charge in [-0.05, 0) is 67.4 Å². The van der Waals surface area contributed by atoms with Crippen molar-refractivity contribution in [2.45, 2.75) is 13.3 Å². The summed E-state index contributed by atoms with van der Waals surface area (Å²) in [6, 6.07) is 18.7. The molecule has 0 fully saturated rings. The summed E-state index contributed by atoms with van der Waals surface area (Å²) >= 11 is 0. The van der Waals surface area contributed by atoms with Gasteiger partial charge in [-0.25, -0.2) is 9.97 Å². The van der Waals surface area contributed by atoms with Gasteiger partial charge in [-0.2, -0.15) is 0 Å². The summed E-state index contributed by atoms with van der Waals surface area (Å²) in [5.41, 5.74) is 6.29. The Morgan fingerprint density at radius 2 is 1.50 bits per heavy atom. The molecule has 28 heavy (non-hydrogen) atoms. The molecule has 0 radical (unpaired) electrons. The minimum absolute atomic E-state index is 0.0351. The third-order valence-electron chi connectivity index (χ3n) is 5.21. The zero-order valence-electron chi connectivity index (χ0n) is 15.3. The second kappa shape index (κ2) is 6.23. The van der Waals surface area contributed by atoms with Crippen LogP contribution < -0.4 is 4.90 Å². The van der Waals surface area contributed by atoms with Crippen LogP contribution in [0.3, 0.4) is 0 Å². The van der Waals surface area contributed by atoms with Gasteiger partial charge >= 0.3 is 0 Å². The summed E-state index contributed by atoms with van der Waals surface area (Å²) < 4.78 is 0. The highest BCUT2D eigenvalue weighted by Crippen LogP contribution is 2.31. The molecule has 1 amide bonds. The number of carbonyl (C=O) groups excluding carboxylic acids is 2. The molecule has 1 aliphatic rings. The molecule has 0 saturated carbocycles. The zero-order valence-corrected chi connectivity index (χ0v) is 15.3. The van der Waals surface area contributed by atoms with E-state index in [0.717, 1.165) is 34.2 Å². The first-order valence-corrected chi connectivity index (χ1v) is 9.22. The van der Waals surface area contributed by atoms with E-state index in [1.165, 1.54) is 0 Å². The number of aromatic nitrogens is 2. The van der Waals surface area contributed by atoms with Gasteiger partial charge in [0.25, 0.3) is 5.91 Å². The van der Waals surface area contributed by atoms with Crippen LogP contribution >= 0.6 is 0 Å². The fourth-order valence-corrected chi connectivity index (χ4v) is 3.74. The monoisotopic (exact) mass is 367 g/mol. The Kier molecular flexibility index (Phi) is 3.69. The number of para-hydroxylation sites is 2. The largest absolute Gasteiger partial charge is 0.308 e. The fraction of sp³-hybridized carbons (Fsp3) is 0.130. The Morgan fingerprint density at radius 3 is 2.25 bits per heavy atom. The van der Waals surface area contributed by atoms with Crippen molar-refractivity contribution in [2.75, 3.05) is 11.4 Å². The van der Waals surface area contributed by atoms with Crippen molar-refractivity contribution in [1.29, 1.82) is 0 Å². The van der Waals surface area contributed by atoms with Gasteiger partial charge in [-0.3, -0.25) is 9.59 Å². The van der Waals surface area contributed by atoms with Crippen LogP contribution in [0.25, 0.3) is 22.1 Å². The molecule has 5 rings (SSSR count). The Balaban J connectivity index is 1.53. The van der Waals surface area contributed by atoms with E-state index in [9.17, 15) is 9.59 Å². The quantitative estimate of drug-likeness (QED) is 0.394. The van der Waals surface area contributed by atoms with Crippen molar-refractivity contribution in [1.82, 2.24) is 9.97 Å². The second-order valence-electron chi connectivity index (χ2n) is 7.02. The first kappa shape index (κ1) is 16.6. The normalized spacial score (nSPS) is 13.1. The first-order valence-electron chi connectivity index (χ1n) is 9.22. The van der Waals surface area contributed by atoms with Crippen LogP contribution in [-0.2, 0) is 6.42 Å². The number of nitrogens with zero attached hydrogens (tertiary/aromatic N) is 3. The van der Waals surface area contributed by atoms with E-state index in [1.807, 2.05) is 42.5 Å². The summed E-state index contributed by atoms with van der Waals surface area (Å²) in [4.78, 5) is 35.8. The van der Waals surface area contributed by atoms with Gasteiger partial charge in [0.1, 0.15) is 0 Å². The van der Waals surface area contributed by atoms with E-state index in [-0.39, 0.29) is 11.7 Å². The van der Waals surface area contributed by atoms with E-state index in [2.05, 4.69) is 9.97 Å². The predicted molar refractivity (Wildman–Crippen MR) is 109 cm³/mol. The molecular weight excluding hydrogens is 350 g/mol. The van der Waals surface area contributed by atoms with Crippen molar-refractivity contribution in [3.63, 3.8) is 0 Å². The van der Waals surface area contributed by atoms with E-state index in [4.69, 9.17) is 0 Å². The highest BCUT2D eigenvalue weighted by Gasteiger charge is 2.26. The molecule has 1 aromatic heterocycles. The number of Topliss-reactive ketones (excluding diaryl/α,β-unsaturated/α-hetero) is 1. The molecule has 0 spiro atoms. The van der Waals surface area contributed by atoms with Gasteiger partial charge in [0.15, 0.2) is 5.78 Å². The van der Waals surface area contributed by atoms with E-state index in [1.54, 1.807) is 30.0 Å². The molecule has 4 aromatic rings. The lowest BCUT2D eigenvalue weighted by atomic mass is 10.1. The van der Waals surface area contributed by atoms with Gasteiger partial charge in [0.2, 0.25) is 0 Å². The van der Waals surface area contributed by atoms with E-state index >= 15 is 0 Å². The lowest BCUT2D eigenvalue weighted by Crippen LogP contribution is -2.28. The smallest absolute Gasteiger partial charge is 0.258 e. The van der Waals surface area contributed by atoms with Gasteiger partial charge in [-0.15, -0.1) is 0 Å². The average Bonchev–Trinajstić information content (AvgIpc) is 3.14. The number of anilines is 1. The fourth-order valence-electron chi connectivity index (χ4n) is 3.74. The summed E-state index contributed by atoms with van der Waals surface area (Å²) in [6.07, 6.45) is 0.750. The van der Waals surface area contributed by atoms with Gasteiger partial charge in [-0.1, -0.05) is 12.1 Å². The van der Waals surface area contributed by atoms with E-state index < -0.39 is 0 Å². The maximum atomic E-state index is 13.1. The van der Waals surface area contributed by atoms with Crippen molar-refractivity contribution < 1.29 is 9.59 Å². The number of hydrogen-bond donors (Lipinski definition) is 0. The summed E-state index contributed by atoms with van der Waals surface area (Å²) in [6.45, 7) is 2.16. The topological polar surface area (TPSA) is 63.2 Å². The highest BCUT2D eigenvalue weighted by atomic mass is 16.2. The lowest BCUT2D eigenvalue weighted by Gasteiger charge is -2.18. The number of amides is 1. The standard InChI is InChI=1S/C23H17N3O2/c1-14(27)15-7-9-22-16(12-15)10-11-26(22)23(28)17-6-8-20-21(13-17)25-19-5-3-2-4-18(19)24-20/h2-9,12-13H,10-11H2,1H3. The molecule has 0 aliphatic carbocycles. The van der Waals surface area contributed by atoms with Crippen LogP contribution in [0.15, 0.2) is 60.7 Å². The summed E-state index contributed by atoms with van der Waals surface area (Å²) in [5.74, 6) is -0.0286. The maximum Gasteiger partial charge on any atom is 0.258 e. The third-order valence-corrected chi connectivity index (χ3v) is 5.21. The highest BCUT2D eigenvalue weighted by molar-refractivity contribution is 6.09. The molecule has 0 unspecified atom stereocenters. The molecule has 0 bridgehead atoms. The molecule has 0 atom stereocenters. The molecule has 3 aromatic carbocycles. The summed E-state index contributed by atoms with van der Waals surface area (Å²) in [7, 11) is 0. The molecule has 0 saturated heterocycles. The third kappa shape index (κ3) is 2.63. The maximum absolute atomic E-state index is 13.1. The zero-order chi connectivity index (χ0) is 19.3. The van der Waals surface area contributed by atoms with Crippen LogP contribution in [-0.4, -0.2) is 28.2 Å². The molecule has 1 aliphatic heterocycles. The molecule has 5 heteroatoms. The van der Waals surface area contributed by atoms with Crippen molar-refractivity contribution in [2.24, 2.45) is 0 Å². The first-order chi connectivity index (χ1) is 13.6. The number of ketones is 1. The molecule has 136 valence electrons. The van der Waals surface area contributed by atoms with E-state index in [0.29, 0.717) is 23.2 Å². The number of carbonyl (C=O) groups is 2. The van der Waals surface area contributed by atoms with Gasteiger partial charge in [0.05, 0.1) is 22.1 Å². The number of hydrogen-bond acceptors (Lipinski definition) is 4. The Hall–Kier alpha value is -3.60. The van der Waals surface area contributed by atoms with Crippen molar-refractivity contribution in [3.05, 3.63) is 77.4 Å². The number of rotatable bonds is 2. The lowest BCUT2D eigenvalue weighted by molar-refractivity contribution is 0.0987. The Labute approximate surface area is 161 Å². The Bertz CT molecular complexity index is 1280. The summed E-state index contributed by atoms with van der Waals surface area (Å²) in [5, 5.41) is 0. The van der Waals surface area contributed by atoms with Crippen LogP contribution in [0.4, 0.5) is 5.69 Å². The van der Waals surface area contributed by atoms with Gasteiger partial charge in [0, 0.05) is 23.4 Å². The van der Waals surface area contributed by atoms with Crippen LogP contribution in [0.5, 0.6) is 0 Å². The van der Waals surface area contributed by atoms with Crippen LogP contribution in [0.1, 0.15) is 33.2 Å². The predicted octanol–water partition coefficient (Wildman–Crippen LogP) is 4.19. The van der Waals surface area contributed by atoms with Crippen LogP contribution in [0, 0.1) is 0 Å². The molecule has 2 heterocycles. The van der Waals surface area contributed by atoms with Crippen molar-refractivity contribution in [3.8, 4) is 0 Å². The molecule has 0 N–H and O–H groups in total. The van der Waals surface area contributed by atoms with Gasteiger partial charge < -0.3 is 4.90 Å². The number of fused-ring (bicyclic) bond motifs is 3. The average molecular weight is 367 g/mol. The second-order valence-corrected chi connectivity index (χ2v) is 7.02. The minimum atomic E-state index is -0.0637. The van der Waals surface area contributed by atoms with Crippen LogP contribution in [0.2, 0.25) is 0 Å². The number of benzene rings is 3. The van der Waals surface area contributed by atoms with Crippen molar-refractivity contribution >= 4 is 39.4 Å². The molecule has 5 nitrogen and oxygen atoms in total.